The molecule has 1 nitrogen and oxygen atoms in total. The average Bonchev–Trinajstić information content (AvgIpc) is 3.00. The number of hydrogen-bond donors (Lipinski definition) is 1. The van der Waals surface area contributed by atoms with E-state index < -0.39 is 8.07 Å². The van der Waals surface area contributed by atoms with E-state index in [1.54, 1.807) is 15.0 Å². The second kappa shape index (κ2) is 7.19. The summed E-state index contributed by atoms with van der Waals surface area (Å²) < 4.78 is 0.322. The average molecular weight is 459 g/mol. The molecular weight excluding hydrogens is 425 g/mol. The maximum absolute atomic E-state index is 10.6. The molecule has 1 N–H and O–H groups in total. The molecule has 2 aliphatic heterocycles. The summed E-state index contributed by atoms with van der Waals surface area (Å²) in [5.74, 6) is 0. The van der Waals surface area contributed by atoms with Crippen LogP contribution in [0.3, 0.4) is 0 Å². The third-order valence-corrected chi connectivity index (χ3v) is 13.7. The van der Waals surface area contributed by atoms with Crippen molar-refractivity contribution in [2.75, 3.05) is 6.61 Å². The summed E-state index contributed by atoms with van der Waals surface area (Å²) in [6, 6.07) is 0. The number of rotatable bonds is 5. The summed E-state index contributed by atoms with van der Waals surface area (Å²) >= 11 is 8.22. The first-order valence-corrected chi connectivity index (χ1v) is 16.7. The van der Waals surface area contributed by atoms with E-state index in [4.69, 9.17) is 0 Å². The molecule has 0 radical (unpaired) electrons. The van der Waals surface area contributed by atoms with E-state index in [2.05, 4.69) is 84.7 Å². The lowest BCUT2D eigenvalue weighted by molar-refractivity contribution is 0.178. The maximum Gasteiger partial charge on any atom is 0.0806 e. The molecule has 152 valence electrons. The fourth-order valence-corrected chi connectivity index (χ4v) is 14.0. The monoisotopic (exact) mass is 458 g/mol. The van der Waals surface area contributed by atoms with Crippen molar-refractivity contribution < 1.29 is 5.11 Å². The smallest absolute Gasteiger partial charge is 0.0806 e. The van der Waals surface area contributed by atoms with E-state index in [0.29, 0.717) is 0 Å². The van der Waals surface area contributed by atoms with E-state index in [-0.39, 0.29) is 20.2 Å². The van der Waals surface area contributed by atoms with Gasteiger partial charge in [-0.25, -0.2) is 0 Å². The highest BCUT2D eigenvalue weighted by Gasteiger charge is 2.48. The van der Waals surface area contributed by atoms with Crippen molar-refractivity contribution in [2.45, 2.75) is 107 Å². The van der Waals surface area contributed by atoms with Crippen LogP contribution >= 0.6 is 47.0 Å². The van der Waals surface area contributed by atoms with Crippen molar-refractivity contribution in [2.24, 2.45) is 0 Å². The molecule has 0 unspecified atom stereocenters. The Kier molecular flexibility index (Phi) is 5.99. The molecule has 1 aromatic rings. The van der Waals surface area contributed by atoms with Crippen LogP contribution in [0.25, 0.3) is 0 Å². The molecule has 0 saturated heterocycles. The Bertz CT molecular complexity index is 707. The first-order valence-electron chi connectivity index (χ1n) is 9.92. The second-order valence-corrected chi connectivity index (χ2v) is 21.7. The molecule has 0 bridgehead atoms. The van der Waals surface area contributed by atoms with Crippen LogP contribution in [-0.4, -0.2) is 27.9 Å². The summed E-state index contributed by atoms with van der Waals surface area (Å²) in [7, 11) is -1.52. The van der Waals surface area contributed by atoms with Gasteiger partial charge in [0.05, 0.1) is 22.8 Å². The standard InChI is InChI=1S/C21H34OS4Si/c1-10-21(11-2,12-22)13-14-16(25-19(3,4)23-14)18(27(7,8)9)17-15(13)24-20(5,6)26-17/h22H,10-12H2,1-9H3. The molecular formula is C21H34OS4Si. The van der Waals surface area contributed by atoms with Crippen molar-refractivity contribution in [1.29, 1.82) is 0 Å². The number of aliphatic hydroxyl groups excluding tert-OH is 1. The minimum Gasteiger partial charge on any atom is -0.395 e. The van der Waals surface area contributed by atoms with Gasteiger partial charge in [-0.05, 0) is 51.3 Å². The van der Waals surface area contributed by atoms with Gasteiger partial charge in [0.1, 0.15) is 0 Å². The zero-order chi connectivity index (χ0) is 20.4. The van der Waals surface area contributed by atoms with Crippen LogP contribution in [0.5, 0.6) is 0 Å². The molecule has 0 amide bonds. The minimum absolute atomic E-state index is 0.131. The molecule has 2 aliphatic rings. The first-order chi connectivity index (χ1) is 12.3. The zero-order valence-corrected chi connectivity index (χ0v) is 22.5. The number of benzene rings is 1. The highest BCUT2D eigenvalue weighted by Crippen LogP contribution is 2.65. The zero-order valence-electron chi connectivity index (χ0n) is 18.2. The third-order valence-electron chi connectivity index (χ3n) is 5.65. The first kappa shape index (κ1) is 22.5. The van der Waals surface area contributed by atoms with E-state index in [1.165, 1.54) is 15.4 Å². The van der Waals surface area contributed by atoms with E-state index in [9.17, 15) is 5.11 Å². The molecule has 0 atom stereocenters. The van der Waals surface area contributed by atoms with Crippen molar-refractivity contribution in [1.82, 2.24) is 0 Å². The Balaban J connectivity index is 2.44. The molecule has 0 saturated carbocycles. The Labute approximate surface area is 184 Å². The van der Waals surface area contributed by atoms with Gasteiger partial charge in [0, 0.05) is 25.0 Å². The summed E-state index contributed by atoms with van der Waals surface area (Å²) in [5.41, 5.74) is 1.34. The Hall–Kier alpha value is 0.797. The Morgan fingerprint density at radius 1 is 0.778 bits per heavy atom. The molecule has 27 heavy (non-hydrogen) atoms. The second-order valence-electron chi connectivity index (χ2n) is 9.67. The molecule has 1 aromatic carbocycles. The van der Waals surface area contributed by atoms with Crippen LogP contribution < -0.4 is 5.19 Å². The van der Waals surface area contributed by atoms with Gasteiger partial charge in [-0.3, -0.25) is 0 Å². The molecule has 0 aliphatic carbocycles. The molecule has 3 rings (SSSR count). The van der Waals surface area contributed by atoms with Gasteiger partial charge in [-0.2, -0.15) is 0 Å². The summed E-state index contributed by atoms with van der Waals surface area (Å²) in [4.78, 5) is 6.07. The summed E-state index contributed by atoms with van der Waals surface area (Å²) in [6.45, 7) is 21.6. The van der Waals surface area contributed by atoms with Gasteiger partial charge in [0.25, 0.3) is 0 Å². The fourth-order valence-electron chi connectivity index (χ4n) is 4.14. The third kappa shape index (κ3) is 3.81. The lowest BCUT2D eigenvalue weighted by Gasteiger charge is -2.35. The molecule has 0 fully saturated rings. The maximum atomic E-state index is 10.6. The Morgan fingerprint density at radius 3 is 1.44 bits per heavy atom. The topological polar surface area (TPSA) is 20.2 Å². The Morgan fingerprint density at radius 2 is 1.15 bits per heavy atom. The lowest BCUT2D eigenvalue weighted by Crippen LogP contribution is -2.42. The molecule has 6 heteroatoms. The van der Waals surface area contributed by atoms with Crippen LogP contribution in [-0.2, 0) is 5.41 Å². The number of fused-ring (bicyclic) bond motifs is 2. The lowest BCUT2D eigenvalue weighted by atomic mass is 9.76. The SMILES string of the molecule is CCC(CC)(CO)c1c2c(c([Si](C)(C)C)c3c1SC(C)(C)S3)SC(C)(C)S2. The van der Waals surface area contributed by atoms with Gasteiger partial charge >= 0.3 is 0 Å². The normalized spacial score (nSPS) is 20.7. The van der Waals surface area contributed by atoms with Crippen LogP contribution in [0.2, 0.25) is 19.6 Å². The van der Waals surface area contributed by atoms with Crippen molar-refractivity contribution in [3.63, 3.8) is 0 Å². The van der Waals surface area contributed by atoms with Gasteiger partial charge in [0.15, 0.2) is 0 Å². The van der Waals surface area contributed by atoms with Gasteiger partial charge in [-0.15, -0.1) is 47.0 Å². The van der Waals surface area contributed by atoms with E-state index in [0.717, 1.165) is 12.8 Å². The number of aliphatic hydroxyl groups is 1. The van der Waals surface area contributed by atoms with Crippen molar-refractivity contribution >= 4 is 60.3 Å². The van der Waals surface area contributed by atoms with Gasteiger partial charge in [-0.1, -0.05) is 33.5 Å². The molecule has 2 heterocycles. The van der Waals surface area contributed by atoms with Gasteiger partial charge < -0.3 is 5.11 Å². The highest BCUT2D eigenvalue weighted by molar-refractivity contribution is 8.22. The number of hydrogen-bond acceptors (Lipinski definition) is 5. The van der Waals surface area contributed by atoms with E-state index in [1.807, 2.05) is 23.5 Å². The predicted octanol–water partition coefficient (Wildman–Crippen LogP) is 7.15. The summed E-state index contributed by atoms with van der Waals surface area (Å²) in [6.07, 6.45) is 1.98. The largest absolute Gasteiger partial charge is 0.395 e. The molecule has 0 aromatic heterocycles. The van der Waals surface area contributed by atoms with Crippen LogP contribution in [0, 0.1) is 0 Å². The number of thioether (sulfide) groups is 4. The van der Waals surface area contributed by atoms with Crippen LogP contribution in [0.1, 0.15) is 59.9 Å². The molecule has 0 spiro atoms. The minimum atomic E-state index is -1.52. The fraction of sp³-hybridized carbons (Fsp3) is 0.714. The van der Waals surface area contributed by atoms with Crippen LogP contribution in [0.15, 0.2) is 19.6 Å². The van der Waals surface area contributed by atoms with Crippen LogP contribution in [0.4, 0.5) is 0 Å². The van der Waals surface area contributed by atoms with Crippen molar-refractivity contribution in [3.8, 4) is 0 Å². The predicted molar refractivity (Wildman–Crippen MR) is 130 cm³/mol. The van der Waals surface area contributed by atoms with Crippen molar-refractivity contribution in [3.05, 3.63) is 5.56 Å². The highest BCUT2D eigenvalue weighted by atomic mass is 32.2. The van der Waals surface area contributed by atoms with E-state index >= 15 is 0 Å². The quantitative estimate of drug-likeness (QED) is 0.471. The van der Waals surface area contributed by atoms with Gasteiger partial charge in [0.2, 0.25) is 0 Å². The summed E-state index contributed by atoms with van der Waals surface area (Å²) in [5, 5.41) is 12.2.